The van der Waals surface area contributed by atoms with Crippen LogP contribution in [-0.2, 0) is 4.74 Å². The number of aromatic nitrogens is 2. The van der Waals surface area contributed by atoms with Crippen molar-refractivity contribution in [2.24, 2.45) is 5.92 Å². The van der Waals surface area contributed by atoms with Gasteiger partial charge in [-0.3, -0.25) is 0 Å². The monoisotopic (exact) mass is 227 g/mol. The Hall–Kier alpha value is -0.870. The molecule has 1 N–H and O–H groups in total. The van der Waals surface area contributed by atoms with E-state index in [1.807, 2.05) is 6.07 Å². The molecule has 15 heavy (non-hydrogen) atoms. The highest BCUT2D eigenvalue weighted by Crippen LogP contribution is 2.15. The number of hydrogen-bond donors (Lipinski definition) is 1. The van der Waals surface area contributed by atoms with Crippen LogP contribution < -0.4 is 5.32 Å². The fraction of sp³-hybridized carbons (Fsp3) is 0.600. The molecular weight excluding hydrogens is 214 g/mol. The fourth-order valence-electron chi connectivity index (χ4n) is 1.61. The highest BCUT2D eigenvalue weighted by atomic mass is 35.5. The third-order valence-corrected chi connectivity index (χ3v) is 2.75. The van der Waals surface area contributed by atoms with Crippen molar-refractivity contribution >= 4 is 17.4 Å². The zero-order valence-electron chi connectivity index (χ0n) is 8.45. The molecule has 0 atom stereocenters. The number of nitrogens with zero attached hydrogens (tertiary/aromatic N) is 2. The van der Waals surface area contributed by atoms with E-state index in [9.17, 15) is 0 Å². The van der Waals surface area contributed by atoms with Crippen molar-refractivity contribution in [1.82, 2.24) is 10.2 Å². The first-order valence-corrected chi connectivity index (χ1v) is 5.53. The highest BCUT2D eigenvalue weighted by molar-refractivity contribution is 6.29. The van der Waals surface area contributed by atoms with Gasteiger partial charge in [-0.15, -0.1) is 10.2 Å². The average Bonchev–Trinajstić information content (AvgIpc) is 2.30. The number of halogens is 1. The highest BCUT2D eigenvalue weighted by Gasteiger charge is 2.13. The molecule has 1 aliphatic heterocycles. The van der Waals surface area contributed by atoms with Gasteiger partial charge in [0, 0.05) is 19.8 Å². The summed E-state index contributed by atoms with van der Waals surface area (Å²) in [7, 11) is 0. The lowest BCUT2D eigenvalue weighted by atomic mass is 10.0. The zero-order chi connectivity index (χ0) is 10.5. The molecule has 2 rings (SSSR count). The van der Waals surface area contributed by atoms with Gasteiger partial charge in [-0.25, -0.2) is 0 Å². The summed E-state index contributed by atoms with van der Waals surface area (Å²) in [5.41, 5.74) is 0. The van der Waals surface area contributed by atoms with Crippen LogP contribution in [0.3, 0.4) is 0 Å². The smallest absolute Gasteiger partial charge is 0.151 e. The van der Waals surface area contributed by atoms with Gasteiger partial charge < -0.3 is 10.1 Å². The van der Waals surface area contributed by atoms with Crippen LogP contribution in [0.5, 0.6) is 0 Å². The van der Waals surface area contributed by atoms with Crippen LogP contribution in [0.1, 0.15) is 12.8 Å². The van der Waals surface area contributed by atoms with Gasteiger partial charge in [-0.1, -0.05) is 11.6 Å². The molecule has 0 amide bonds. The van der Waals surface area contributed by atoms with Crippen molar-refractivity contribution in [3.8, 4) is 0 Å². The quantitative estimate of drug-likeness (QED) is 0.858. The van der Waals surface area contributed by atoms with Gasteiger partial charge in [0.15, 0.2) is 5.15 Å². The van der Waals surface area contributed by atoms with Gasteiger partial charge in [0.05, 0.1) is 0 Å². The number of ether oxygens (including phenoxy) is 1. The maximum absolute atomic E-state index is 5.64. The van der Waals surface area contributed by atoms with E-state index in [0.717, 1.165) is 38.4 Å². The molecule has 1 aromatic heterocycles. The largest absolute Gasteiger partial charge is 0.381 e. The molecule has 1 aromatic rings. The summed E-state index contributed by atoms with van der Waals surface area (Å²) in [6.45, 7) is 2.68. The van der Waals surface area contributed by atoms with Crippen molar-refractivity contribution in [2.75, 3.05) is 25.1 Å². The minimum Gasteiger partial charge on any atom is -0.381 e. The van der Waals surface area contributed by atoms with Gasteiger partial charge in [0.25, 0.3) is 0 Å². The van der Waals surface area contributed by atoms with E-state index < -0.39 is 0 Å². The van der Waals surface area contributed by atoms with Crippen LogP contribution >= 0.6 is 11.6 Å². The topological polar surface area (TPSA) is 47.0 Å². The van der Waals surface area contributed by atoms with Gasteiger partial charge >= 0.3 is 0 Å². The molecule has 82 valence electrons. The Balaban J connectivity index is 1.79. The van der Waals surface area contributed by atoms with Gasteiger partial charge in [0.2, 0.25) is 0 Å². The van der Waals surface area contributed by atoms with Crippen LogP contribution in [0, 0.1) is 5.92 Å². The second-order valence-corrected chi connectivity index (χ2v) is 4.07. The van der Waals surface area contributed by atoms with Crippen LogP contribution in [0.2, 0.25) is 5.15 Å². The SMILES string of the molecule is Clc1ccc(NCC2CCOCC2)nn1. The molecule has 0 spiro atoms. The zero-order valence-corrected chi connectivity index (χ0v) is 9.20. The van der Waals surface area contributed by atoms with Crippen LogP contribution in [0.4, 0.5) is 5.82 Å². The molecule has 0 unspecified atom stereocenters. The maximum atomic E-state index is 5.64. The molecule has 1 saturated heterocycles. The van der Waals surface area contributed by atoms with Crippen molar-refractivity contribution in [2.45, 2.75) is 12.8 Å². The van der Waals surface area contributed by atoms with E-state index in [4.69, 9.17) is 16.3 Å². The molecule has 0 saturated carbocycles. The Morgan fingerprint density at radius 1 is 1.33 bits per heavy atom. The van der Waals surface area contributed by atoms with Crippen molar-refractivity contribution in [1.29, 1.82) is 0 Å². The van der Waals surface area contributed by atoms with E-state index in [1.165, 1.54) is 0 Å². The number of nitrogens with one attached hydrogen (secondary N) is 1. The molecule has 1 aliphatic rings. The van der Waals surface area contributed by atoms with Crippen LogP contribution in [0.25, 0.3) is 0 Å². The van der Waals surface area contributed by atoms with E-state index in [2.05, 4.69) is 15.5 Å². The Kier molecular flexibility index (Phi) is 3.75. The third-order valence-electron chi connectivity index (χ3n) is 2.54. The lowest BCUT2D eigenvalue weighted by molar-refractivity contribution is 0.0699. The molecular formula is C10H14ClN3O. The molecule has 0 radical (unpaired) electrons. The molecule has 2 heterocycles. The van der Waals surface area contributed by atoms with Crippen molar-refractivity contribution < 1.29 is 4.74 Å². The lowest BCUT2D eigenvalue weighted by Gasteiger charge is -2.22. The van der Waals surface area contributed by atoms with E-state index in [1.54, 1.807) is 6.07 Å². The Morgan fingerprint density at radius 3 is 2.80 bits per heavy atom. The van der Waals surface area contributed by atoms with E-state index >= 15 is 0 Å². The van der Waals surface area contributed by atoms with E-state index in [0.29, 0.717) is 11.1 Å². The molecule has 0 aliphatic carbocycles. The molecule has 1 fully saturated rings. The predicted octanol–water partition coefficient (Wildman–Crippen LogP) is 1.97. The standard InChI is InChI=1S/C10H14ClN3O/c11-9-1-2-10(14-13-9)12-7-8-3-5-15-6-4-8/h1-2,8H,3-7H2,(H,12,14). The van der Waals surface area contributed by atoms with Crippen LogP contribution in [0.15, 0.2) is 12.1 Å². The van der Waals surface area contributed by atoms with E-state index in [-0.39, 0.29) is 0 Å². The minimum absolute atomic E-state index is 0.423. The van der Waals surface area contributed by atoms with Gasteiger partial charge in [-0.2, -0.15) is 0 Å². The molecule has 5 heteroatoms. The number of rotatable bonds is 3. The maximum Gasteiger partial charge on any atom is 0.151 e. The normalized spacial score (nSPS) is 17.7. The predicted molar refractivity (Wildman–Crippen MR) is 59.1 cm³/mol. The summed E-state index contributed by atoms with van der Waals surface area (Å²) in [5, 5.41) is 11.4. The molecule has 0 aromatic carbocycles. The van der Waals surface area contributed by atoms with Crippen molar-refractivity contribution in [3.63, 3.8) is 0 Å². The summed E-state index contributed by atoms with van der Waals surface area (Å²) < 4.78 is 5.29. The summed E-state index contributed by atoms with van der Waals surface area (Å²) in [5.74, 6) is 1.46. The average molecular weight is 228 g/mol. The number of anilines is 1. The second-order valence-electron chi connectivity index (χ2n) is 3.68. The first-order chi connectivity index (χ1) is 7.34. The van der Waals surface area contributed by atoms with Gasteiger partial charge in [0.1, 0.15) is 5.82 Å². The van der Waals surface area contributed by atoms with Crippen LogP contribution in [-0.4, -0.2) is 30.0 Å². The Morgan fingerprint density at radius 2 is 2.13 bits per heavy atom. The summed E-state index contributed by atoms with van der Waals surface area (Å²) in [6, 6.07) is 3.58. The number of hydrogen-bond acceptors (Lipinski definition) is 4. The molecule has 0 bridgehead atoms. The van der Waals surface area contributed by atoms with Crippen molar-refractivity contribution in [3.05, 3.63) is 17.3 Å². The third kappa shape index (κ3) is 3.32. The lowest BCUT2D eigenvalue weighted by Crippen LogP contribution is -2.22. The fourth-order valence-corrected chi connectivity index (χ4v) is 1.71. The Bertz CT molecular complexity index is 298. The second kappa shape index (κ2) is 5.28. The summed E-state index contributed by atoms with van der Waals surface area (Å²) >= 11 is 5.64. The summed E-state index contributed by atoms with van der Waals surface area (Å²) in [4.78, 5) is 0. The Labute approximate surface area is 94.0 Å². The first kappa shape index (κ1) is 10.6. The summed E-state index contributed by atoms with van der Waals surface area (Å²) in [6.07, 6.45) is 2.24. The first-order valence-electron chi connectivity index (χ1n) is 5.15. The van der Waals surface area contributed by atoms with Gasteiger partial charge in [-0.05, 0) is 30.9 Å². The minimum atomic E-state index is 0.423. The molecule has 4 nitrogen and oxygen atoms in total.